The van der Waals surface area contributed by atoms with Crippen molar-refractivity contribution < 1.29 is 8.42 Å². The maximum Gasteiger partial charge on any atom is 0.217 e. The van der Waals surface area contributed by atoms with Gasteiger partial charge in [-0.2, -0.15) is 0 Å². The number of nitrogens with zero attached hydrogens (tertiary/aromatic N) is 1. The normalized spacial score (nSPS) is 11.8. The maximum absolute atomic E-state index is 13.1. The van der Waals surface area contributed by atoms with Crippen molar-refractivity contribution in [3.8, 4) is 11.1 Å². The molecule has 1 aromatic heterocycles. The quantitative estimate of drug-likeness (QED) is 0.727. The lowest BCUT2D eigenvalue weighted by Gasteiger charge is -2.12. The Labute approximate surface area is 152 Å². The van der Waals surface area contributed by atoms with E-state index in [1.54, 1.807) is 12.1 Å². The Morgan fingerprint density at radius 2 is 1.80 bits per heavy atom. The van der Waals surface area contributed by atoms with Gasteiger partial charge in [-0.1, -0.05) is 50.2 Å². The molecule has 6 heteroatoms. The molecule has 25 heavy (non-hydrogen) atoms. The minimum Gasteiger partial charge on any atom is -0.325 e. The Bertz CT molecular complexity index is 978. The highest BCUT2D eigenvalue weighted by Gasteiger charge is 2.22. The molecule has 0 spiro atoms. The third kappa shape index (κ3) is 3.66. The zero-order chi connectivity index (χ0) is 18.0. The first-order chi connectivity index (χ1) is 11.9. The lowest BCUT2D eigenvalue weighted by molar-refractivity contribution is 0.597. The van der Waals surface area contributed by atoms with Crippen LogP contribution in [0.2, 0.25) is 0 Å². The minimum absolute atomic E-state index is 0.221. The molecule has 0 unspecified atom stereocenters. The van der Waals surface area contributed by atoms with E-state index in [4.69, 9.17) is 5.73 Å². The van der Waals surface area contributed by atoms with Gasteiger partial charge in [-0.3, -0.25) is 0 Å². The predicted molar refractivity (Wildman–Crippen MR) is 101 cm³/mol. The largest absolute Gasteiger partial charge is 0.325 e. The van der Waals surface area contributed by atoms with Crippen LogP contribution in [0.15, 0.2) is 63.8 Å². The molecule has 130 valence electrons. The molecule has 0 fully saturated rings. The molecule has 0 bridgehead atoms. The molecule has 3 rings (SSSR count). The van der Waals surface area contributed by atoms with Gasteiger partial charge in [0.1, 0.15) is 9.22 Å². The van der Waals surface area contributed by atoms with E-state index in [1.165, 1.54) is 6.20 Å². The van der Waals surface area contributed by atoms with Crippen LogP contribution in [0, 0.1) is 0 Å². The average Bonchev–Trinajstić information content (AvgIpc) is 3.12. The van der Waals surface area contributed by atoms with Gasteiger partial charge in [0.15, 0.2) is 0 Å². The Kier molecular flexibility index (Phi) is 5.03. The summed E-state index contributed by atoms with van der Waals surface area (Å²) in [7, 11) is -3.61. The fourth-order valence-electron chi connectivity index (χ4n) is 2.54. The van der Waals surface area contributed by atoms with Crippen molar-refractivity contribution in [2.45, 2.75) is 35.4 Å². The number of hydrogen-bond donors (Lipinski definition) is 1. The monoisotopic (exact) mass is 372 g/mol. The van der Waals surface area contributed by atoms with Gasteiger partial charge in [0.2, 0.25) is 9.84 Å². The lowest BCUT2D eigenvalue weighted by atomic mass is 9.97. The first kappa shape index (κ1) is 17.8. The van der Waals surface area contributed by atoms with Gasteiger partial charge in [0.05, 0.1) is 11.1 Å². The van der Waals surface area contributed by atoms with Gasteiger partial charge in [-0.15, -0.1) is 11.3 Å². The number of thiazole rings is 1. The fraction of sp³-hybridized carbons (Fsp3) is 0.211. The highest BCUT2D eigenvalue weighted by Crippen LogP contribution is 2.32. The second kappa shape index (κ2) is 7.07. The van der Waals surface area contributed by atoms with Crippen LogP contribution in [0.4, 0.5) is 0 Å². The van der Waals surface area contributed by atoms with Crippen LogP contribution in [0.1, 0.15) is 30.3 Å². The second-order valence-corrected chi connectivity index (χ2v) is 9.38. The topological polar surface area (TPSA) is 73.0 Å². The average molecular weight is 373 g/mol. The number of benzene rings is 2. The summed E-state index contributed by atoms with van der Waals surface area (Å²) in [4.78, 5) is 4.38. The molecule has 0 aliphatic carbocycles. The summed E-state index contributed by atoms with van der Waals surface area (Å²) in [5.41, 5.74) is 8.44. The smallest absolute Gasteiger partial charge is 0.217 e. The molecule has 0 atom stereocenters. The van der Waals surface area contributed by atoms with Gasteiger partial charge >= 0.3 is 0 Å². The summed E-state index contributed by atoms with van der Waals surface area (Å²) in [5, 5.41) is 0.613. The van der Waals surface area contributed by atoms with E-state index >= 15 is 0 Å². The van der Waals surface area contributed by atoms with Crippen LogP contribution < -0.4 is 5.73 Å². The Morgan fingerprint density at radius 1 is 1.08 bits per heavy atom. The summed E-state index contributed by atoms with van der Waals surface area (Å²) >= 11 is 1.13. The van der Waals surface area contributed by atoms with Crippen LogP contribution in [0.3, 0.4) is 0 Å². The molecule has 0 saturated heterocycles. The number of rotatable bonds is 5. The third-order valence-electron chi connectivity index (χ3n) is 3.98. The highest BCUT2D eigenvalue weighted by molar-refractivity contribution is 7.93. The molecule has 0 saturated carbocycles. The second-order valence-electron chi connectivity index (χ2n) is 6.09. The van der Waals surface area contributed by atoms with Crippen LogP contribution in [-0.4, -0.2) is 13.4 Å². The van der Waals surface area contributed by atoms with E-state index < -0.39 is 9.84 Å². The first-order valence-electron chi connectivity index (χ1n) is 8.02. The zero-order valence-corrected chi connectivity index (χ0v) is 15.8. The standard InChI is InChI=1S/C19H20N2O2S2/c1-13(2)15-8-16(14-6-4-3-5-7-14)10-17(9-15)25(22,23)19-12-21-18(11-20)24-19/h3-10,12-13H,11,20H2,1-2H3. The van der Waals surface area contributed by atoms with E-state index in [0.29, 0.717) is 9.90 Å². The summed E-state index contributed by atoms with van der Waals surface area (Å²) in [6.45, 7) is 4.35. The van der Waals surface area contributed by atoms with Crippen molar-refractivity contribution in [3.63, 3.8) is 0 Å². The first-order valence-corrected chi connectivity index (χ1v) is 10.3. The molecule has 0 aliphatic rings. The van der Waals surface area contributed by atoms with Crippen molar-refractivity contribution in [2.75, 3.05) is 0 Å². The molecule has 0 aliphatic heterocycles. The molecular formula is C19H20N2O2S2. The number of sulfone groups is 1. The molecule has 1 heterocycles. The van der Waals surface area contributed by atoms with Crippen molar-refractivity contribution in [1.29, 1.82) is 0 Å². The van der Waals surface area contributed by atoms with Gasteiger partial charge < -0.3 is 5.73 Å². The van der Waals surface area contributed by atoms with Gasteiger partial charge in [-0.05, 0) is 34.7 Å². The summed E-state index contributed by atoms with van der Waals surface area (Å²) in [6.07, 6.45) is 1.40. The molecular weight excluding hydrogens is 352 g/mol. The summed E-state index contributed by atoms with van der Waals surface area (Å²) < 4.78 is 26.3. The van der Waals surface area contributed by atoms with Crippen molar-refractivity contribution in [2.24, 2.45) is 5.73 Å². The number of aromatic nitrogens is 1. The SMILES string of the molecule is CC(C)c1cc(-c2ccccc2)cc(S(=O)(=O)c2cnc(CN)s2)c1. The van der Waals surface area contributed by atoms with Crippen molar-refractivity contribution in [1.82, 2.24) is 4.98 Å². The van der Waals surface area contributed by atoms with Crippen LogP contribution in [-0.2, 0) is 16.4 Å². The number of hydrogen-bond acceptors (Lipinski definition) is 5. The zero-order valence-electron chi connectivity index (χ0n) is 14.1. The van der Waals surface area contributed by atoms with Gasteiger partial charge in [0.25, 0.3) is 0 Å². The Hall–Kier alpha value is -2.02. The Morgan fingerprint density at radius 3 is 2.40 bits per heavy atom. The van der Waals surface area contributed by atoms with Crippen LogP contribution >= 0.6 is 11.3 Å². The van der Waals surface area contributed by atoms with Gasteiger partial charge in [0, 0.05) is 6.54 Å². The highest BCUT2D eigenvalue weighted by atomic mass is 32.2. The van der Waals surface area contributed by atoms with Gasteiger partial charge in [-0.25, -0.2) is 13.4 Å². The predicted octanol–water partition coefficient (Wildman–Crippen LogP) is 4.23. The number of nitrogens with two attached hydrogens (primary N) is 1. The third-order valence-corrected chi connectivity index (χ3v) is 7.20. The molecule has 4 nitrogen and oxygen atoms in total. The van der Waals surface area contributed by atoms with E-state index in [2.05, 4.69) is 24.9 Å². The van der Waals surface area contributed by atoms with Crippen LogP contribution in [0.25, 0.3) is 11.1 Å². The van der Waals surface area contributed by atoms with E-state index in [0.717, 1.165) is 28.0 Å². The van der Waals surface area contributed by atoms with E-state index in [-0.39, 0.29) is 16.7 Å². The molecule has 0 radical (unpaired) electrons. The van der Waals surface area contributed by atoms with E-state index in [1.807, 2.05) is 30.3 Å². The fourth-order valence-corrected chi connectivity index (χ4v) is 5.08. The molecule has 0 amide bonds. The van der Waals surface area contributed by atoms with Crippen molar-refractivity contribution >= 4 is 21.2 Å². The summed E-state index contributed by atoms with van der Waals surface area (Å²) in [6, 6.07) is 15.3. The molecule has 2 N–H and O–H groups in total. The van der Waals surface area contributed by atoms with Crippen LogP contribution in [0.5, 0.6) is 0 Å². The minimum atomic E-state index is -3.61. The molecule has 2 aromatic carbocycles. The van der Waals surface area contributed by atoms with Crippen molar-refractivity contribution in [3.05, 3.63) is 65.3 Å². The van der Waals surface area contributed by atoms with E-state index in [9.17, 15) is 8.42 Å². The maximum atomic E-state index is 13.1. The lowest BCUT2D eigenvalue weighted by Crippen LogP contribution is -2.02. The Balaban J connectivity index is 2.16. The molecule has 3 aromatic rings. The summed E-state index contributed by atoms with van der Waals surface area (Å²) in [5.74, 6) is 0.221.